The van der Waals surface area contributed by atoms with Crippen molar-refractivity contribution in [2.24, 2.45) is 7.05 Å². The Balaban J connectivity index is 1.84. The van der Waals surface area contributed by atoms with Crippen LogP contribution >= 0.6 is 0 Å². The van der Waals surface area contributed by atoms with Crippen molar-refractivity contribution in [1.29, 1.82) is 0 Å². The molecular formula is C16H20N6O2. The van der Waals surface area contributed by atoms with Crippen LogP contribution in [0.5, 0.6) is 0 Å². The van der Waals surface area contributed by atoms with Crippen LogP contribution in [0.15, 0.2) is 15.4 Å². The molecule has 3 aromatic rings. The third kappa shape index (κ3) is 2.52. The molecule has 1 aliphatic carbocycles. The molecule has 3 aromatic heterocycles. The minimum Gasteiger partial charge on any atom is -0.334 e. The molecule has 2 N–H and O–H groups in total. The average molecular weight is 328 g/mol. The molecule has 1 aliphatic rings. The van der Waals surface area contributed by atoms with E-state index in [1.54, 1.807) is 11.7 Å². The van der Waals surface area contributed by atoms with Gasteiger partial charge in [-0.2, -0.15) is 4.98 Å². The molecule has 0 saturated heterocycles. The number of fused-ring (bicyclic) bond motifs is 1. The molecule has 1 unspecified atom stereocenters. The van der Waals surface area contributed by atoms with Gasteiger partial charge in [-0.05, 0) is 32.9 Å². The van der Waals surface area contributed by atoms with Crippen molar-refractivity contribution in [2.75, 3.05) is 7.05 Å². The van der Waals surface area contributed by atoms with Gasteiger partial charge in [-0.3, -0.25) is 14.6 Å². The molecule has 0 aromatic carbocycles. The number of aromatic amines is 1. The highest BCUT2D eigenvalue weighted by atomic mass is 16.5. The molecule has 0 amide bonds. The van der Waals surface area contributed by atoms with E-state index in [0.717, 1.165) is 18.5 Å². The summed E-state index contributed by atoms with van der Waals surface area (Å²) in [4.78, 5) is 21.4. The molecule has 4 rings (SSSR count). The van der Waals surface area contributed by atoms with Crippen molar-refractivity contribution in [2.45, 2.75) is 38.1 Å². The molecular weight excluding hydrogens is 308 g/mol. The molecule has 0 spiro atoms. The average Bonchev–Trinajstić information content (AvgIpc) is 3.26. The van der Waals surface area contributed by atoms with Crippen molar-refractivity contribution in [1.82, 2.24) is 30.2 Å². The van der Waals surface area contributed by atoms with Crippen molar-refractivity contribution in [3.63, 3.8) is 0 Å². The zero-order valence-corrected chi connectivity index (χ0v) is 14.0. The fourth-order valence-corrected chi connectivity index (χ4v) is 2.86. The van der Waals surface area contributed by atoms with Crippen LogP contribution in [0, 0.1) is 0 Å². The summed E-state index contributed by atoms with van der Waals surface area (Å²) >= 11 is 0. The first-order valence-corrected chi connectivity index (χ1v) is 8.16. The van der Waals surface area contributed by atoms with Crippen molar-refractivity contribution >= 4 is 11.0 Å². The fourth-order valence-electron chi connectivity index (χ4n) is 2.86. The first-order chi connectivity index (χ1) is 11.6. The molecule has 1 saturated carbocycles. The summed E-state index contributed by atoms with van der Waals surface area (Å²) in [5, 5.41) is 10.5. The number of nitrogens with one attached hydrogen (secondary N) is 2. The lowest BCUT2D eigenvalue weighted by molar-refractivity contribution is 0.418. The normalized spacial score (nSPS) is 16.0. The van der Waals surface area contributed by atoms with E-state index in [4.69, 9.17) is 4.52 Å². The zero-order chi connectivity index (χ0) is 16.8. The van der Waals surface area contributed by atoms with Crippen molar-refractivity contribution in [3.05, 3.63) is 27.9 Å². The number of likely N-dealkylation sites (N-methyl/N-ethyl adjacent to an activating group) is 1. The monoisotopic (exact) mass is 328 g/mol. The molecule has 24 heavy (non-hydrogen) atoms. The molecule has 126 valence electrons. The van der Waals surface area contributed by atoms with Crippen LogP contribution in [0.3, 0.4) is 0 Å². The zero-order valence-electron chi connectivity index (χ0n) is 14.0. The lowest BCUT2D eigenvalue weighted by Crippen LogP contribution is -2.24. The molecule has 3 heterocycles. The largest absolute Gasteiger partial charge is 0.334 e. The van der Waals surface area contributed by atoms with E-state index in [9.17, 15) is 4.79 Å². The van der Waals surface area contributed by atoms with E-state index in [1.165, 1.54) is 0 Å². The maximum Gasteiger partial charge on any atom is 0.274 e. The summed E-state index contributed by atoms with van der Waals surface area (Å²) in [6.07, 6.45) is 2.92. The van der Waals surface area contributed by atoms with Gasteiger partial charge < -0.3 is 9.84 Å². The maximum absolute atomic E-state index is 12.3. The Morgan fingerprint density at radius 3 is 2.96 bits per heavy atom. The van der Waals surface area contributed by atoms with Gasteiger partial charge >= 0.3 is 0 Å². The SMILES string of the molecule is CNC(C)Cc1noc(-c2cc(C3CC3)nc3c2c(=O)[nH]n3C)n1. The summed E-state index contributed by atoms with van der Waals surface area (Å²) in [7, 11) is 3.68. The molecule has 1 fully saturated rings. The molecule has 0 radical (unpaired) electrons. The lowest BCUT2D eigenvalue weighted by Gasteiger charge is -2.05. The summed E-state index contributed by atoms with van der Waals surface area (Å²) in [5.74, 6) is 1.46. The Morgan fingerprint density at radius 1 is 1.46 bits per heavy atom. The van der Waals surface area contributed by atoms with Crippen LogP contribution in [0.1, 0.15) is 37.2 Å². The quantitative estimate of drug-likeness (QED) is 0.733. The summed E-state index contributed by atoms with van der Waals surface area (Å²) in [6, 6.07) is 2.17. The van der Waals surface area contributed by atoms with Crippen LogP contribution in [0.4, 0.5) is 0 Å². The standard InChI is InChI=1S/C16H20N6O2/c1-8(17-2)6-12-19-16(24-21-12)10-7-11(9-4-5-9)18-14-13(10)15(23)20-22(14)3/h7-9,17H,4-6H2,1-3H3,(H,20,23). The minimum atomic E-state index is -0.194. The van der Waals surface area contributed by atoms with Gasteiger partial charge in [0.05, 0.1) is 10.9 Å². The van der Waals surface area contributed by atoms with Gasteiger partial charge in [-0.25, -0.2) is 4.98 Å². The van der Waals surface area contributed by atoms with Gasteiger partial charge in [0.2, 0.25) is 0 Å². The molecule has 0 bridgehead atoms. The number of nitrogens with zero attached hydrogens (tertiary/aromatic N) is 4. The second-order valence-electron chi connectivity index (χ2n) is 6.48. The van der Waals surface area contributed by atoms with Gasteiger partial charge in [-0.15, -0.1) is 0 Å². The number of pyridine rings is 1. The molecule has 8 heteroatoms. The third-order valence-electron chi connectivity index (χ3n) is 4.51. The van der Waals surface area contributed by atoms with E-state index >= 15 is 0 Å². The number of aromatic nitrogens is 5. The second-order valence-corrected chi connectivity index (χ2v) is 6.48. The first-order valence-electron chi connectivity index (χ1n) is 8.16. The van der Waals surface area contributed by atoms with E-state index in [1.807, 2.05) is 20.0 Å². The summed E-state index contributed by atoms with van der Waals surface area (Å²) in [6.45, 7) is 2.05. The Labute approximate surface area is 138 Å². The Bertz CT molecular complexity index is 949. The molecule has 8 nitrogen and oxygen atoms in total. The Kier molecular flexibility index (Phi) is 3.49. The topological polar surface area (TPSA) is 102 Å². The van der Waals surface area contributed by atoms with Crippen LogP contribution in [-0.2, 0) is 13.5 Å². The van der Waals surface area contributed by atoms with Gasteiger partial charge in [0.15, 0.2) is 11.5 Å². The number of hydrogen-bond acceptors (Lipinski definition) is 6. The van der Waals surface area contributed by atoms with Crippen LogP contribution in [0.2, 0.25) is 0 Å². The molecule has 0 aliphatic heterocycles. The van der Waals surface area contributed by atoms with Gasteiger partial charge in [0, 0.05) is 31.1 Å². The Hall–Kier alpha value is -2.48. The van der Waals surface area contributed by atoms with Crippen molar-refractivity contribution in [3.8, 4) is 11.5 Å². The number of H-pyrrole nitrogens is 1. The summed E-state index contributed by atoms with van der Waals surface area (Å²) < 4.78 is 7.09. The maximum atomic E-state index is 12.3. The van der Waals surface area contributed by atoms with Crippen LogP contribution in [-0.4, -0.2) is 38.0 Å². The predicted molar refractivity (Wildman–Crippen MR) is 88.8 cm³/mol. The van der Waals surface area contributed by atoms with Crippen LogP contribution < -0.4 is 10.9 Å². The van der Waals surface area contributed by atoms with E-state index in [0.29, 0.717) is 40.7 Å². The fraction of sp³-hybridized carbons (Fsp3) is 0.500. The second kappa shape index (κ2) is 5.55. The highest BCUT2D eigenvalue weighted by Crippen LogP contribution is 2.41. The van der Waals surface area contributed by atoms with E-state index in [-0.39, 0.29) is 11.6 Å². The lowest BCUT2D eigenvalue weighted by atomic mass is 10.1. The smallest absolute Gasteiger partial charge is 0.274 e. The third-order valence-corrected chi connectivity index (χ3v) is 4.51. The van der Waals surface area contributed by atoms with Crippen molar-refractivity contribution < 1.29 is 4.52 Å². The van der Waals surface area contributed by atoms with Crippen LogP contribution in [0.25, 0.3) is 22.5 Å². The van der Waals surface area contributed by atoms with Gasteiger partial charge in [0.1, 0.15) is 0 Å². The number of aryl methyl sites for hydroxylation is 1. The molecule has 1 atom stereocenters. The highest BCUT2D eigenvalue weighted by molar-refractivity contribution is 5.90. The highest BCUT2D eigenvalue weighted by Gasteiger charge is 2.28. The predicted octanol–water partition coefficient (Wildman–Crippen LogP) is 1.34. The van der Waals surface area contributed by atoms with E-state index < -0.39 is 0 Å². The van der Waals surface area contributed by atoms with Gasteiger partial charge in [-0.1, -0.05) is 5.16 Å². The number of rotatable bonds is 5. The Morgan fingerprint density at radius 2 is 2.25 bits per heavy atom. The van der Waals surface area contributed by atoms with Gasteiger partial charge in [0.25, 0.3) is 11.4 Å². The van der Waals surface area contributed by atoms with E-state index in [2.05, 4.69) is 25.5 Å². The first kappa shape index (κ1) is 15.1. The number of hydrogen-bond donors (Lipinski definition) is 2. The minimum absolute atomic E-state index is 0.194. The summed E-state index contributed by atoms with van der Waals surface area (Å²) in [5.41, 5.74) is 2.08.